The van der Waals surface area contributed by atoms with Gasteiger partial charge in [-0.15, -0.1) is 17.8 Å². The van der Waals surface area contributed by atoms with Gasteiger partial charge in [0.1, 0.15) is 17.8 Å². The van der Waals surface area contributed by atoms with E-state index in [0.29, 0.717) is 24.3 Å². The van der Waals surface area contributed by atoms with Gasteiger partial charge in [-0.1, -0.05) is 18.1 Å². The Labute approximate surface area is 305 Å². The van der Waals surface area contributed by atoms with Crippen LogP contribution in [0.4, 0.5) is 21.1 Å². The first kappa shape index (κ1) is 36.9. The number of benzene rings is 1. The third-order valence-electron chi connectivity index (χ3n) is 8.49. The number of hydrogen-bond donors (Lipinski definition) is 5. The molecule has 0 saturated carbocycles. The van der Waals surface area contributed by atoms with E-state index in [2.05, 4.69) is 36.5 Å². The number of carbonyl (C=O) groups is 3. The second-order valence-corrected chi connectivity index (χ2v) is 14.2. The number of anilines is 2. The number of fused-ring (bicyclic) bond motifs is 1. The molecule has 3 amide bonds. The number of carboxylic acid groups (broad SMARTS) is 1. The van der Waals surface area contributed by atoms with E-state index in [1.165, 1.54) is 21.8 Å². The Morgan fingerprint density at radius 2 is 2.00 bits per heavy atom. The Hall–Kier alpha value is -4.90. The molecule has 5 N–H and O–H groups in total. The molecule has 5 heterocycles. The molecule has 0 bridgehead atoms. The molecular weight excluding hydrogens is 720 g/mol. The van der Waals surface area contributed by atoms with E-state index in [9.17, 15) is 29.7 Å². The van der Waals surface area contributed by atoms with E-state index in [0.717, 1.165) is 17.8 Å². The number of imidazole rings is 1. The average molecular weight is 755 g/mol. The van der Waals surface area contributed by atoms with Crippen LogP contribution in [0.1, 0.15) is 44.7 Å². The first-order valence-corrected chi connectivity index (χ1v) is 17.3. The maximum atomic E-state index is 13.1. The van der Waals surface area contributed by atoms with Crippen molar-refractivity contribution in [2.24, 2.45) is 0 Å². The van der Waals surface area contributed by atoms with E-state index in [4.69, 9.17) is 32.2 Å². The fourth-order valence-corrected chi connectivity index (χ4v) is 6.71. The summed E-state index contributed by atoms with van der Waals surface area (Å²) in [5.41, 5.74) is -2.50. The van der Waals surface area contributed by atoms with Gasteiger partial charge in [0, 0.05) is 30.6 Å². The van der Waals surface area contributed by atoms with Crippen LogP contribution in [-0.4, -0.2) is 101 Å². The summed E-state index contributed by atoms with van der Waals surface area (Å²) in [6.45, 7) is 5.56. The van der Waals surface area contributed by atoms with Crippen LogP contribution in [0.5, 0.6) is 0 Å². The number of rotatable bonds is 10. The summed E-state index contributed by atoms with van der Waals surface area (Å²) in [7, 11) is 0. The highest BCUT2D eigenvalue weighted by Crippen LogP contribution is 2.41. The molecule has 3 aromatic heterocycles. The van der Waals surface area contributed by atoms with Crippen molar-refractivity contribution in [2.75, 3.05) is 29.9 Å². The van der Waals surface area contributed by atoms with Crippen LogP contribution in [0.25, 0.3) is 11.2 Å². The van der Waals surface area contributed by atoms with Crippen molar-refractivity contribution >= 4 is 63.7 Å². The van der Waals surface area contributed by atoms with Crippen LogP contribution < -0.4 is 15.5 Å². The summed E-state index contributed by atoms with van der Waals surface area (Å²) in [4.78, 5) is 56.3. The highest BCUT2D eigenvalue weighted by molar-refractivity contribution is 7.07. The molecule has 2 saturated heterocycles. The monoisotopic (exact) mass is 754 g/mol. The molecule has 4 aromatic rings. The number of urea groups is 1. The number of carbonyl (C=O) groups excluding carboxylic acids is 2. The molecule has 17 nitrogen and oxygen atoms in total. The molecule has 1 unspecified atom stereocenters. The minimum atomic E-state index is -2.39. The zero-order valence-electron chi connectivity index (χ0n) is 28.1. The van der Waals surface area contributed by atoms with Crippen LogP contribution >= 0.6 is 22.9 Å². The standard InChI is InChI=1S/C33H35ClN8O9S/c1-5-32(48)21(50-26(23(32)43)42-16-36-22-24(38-28(34)40-25(22)42)39-30(47)51-31(2,3)4)14-49-33(27(44)45,20-15-52-17-37-20)13-18-7-9-19(10-8-18)41-12-6-11-35-29(41)46/h1,7-10,15-17,21,23,26,43,48H,6,11-14H2,2-4H3,(H,35,46)(H,44,45)(H,38,39,40,47)/t21-,23+,26-,32-,33?/m1/s1. The van der Waals surface area contributed by atoms with E-state index in [1.807, 2.05) is 0 Å². The van der Waals surface area contributed by atoms with Crippen molar-refractivity contribution in [3.05, 3.63) is 58.0 Å². The highest BCUT2D eigenvalue weighted by Gasteiger charge is 2.57. The zero-order chi connectivity index (χ0) is 37.4. The van der Waals surface area contributed by atoms with E-state index >= 15 is 0 Å². The number of aliphatic hydroxyl groups is 2. The Morgan fingerprint density at radius 1 is 1.25 bits per heavy atom. The molecule has 0 radical (unpaired) electrons. The molecule has 2 aliphatic heterocycles. The van der Waals surface area contributed by atoms with Crippen molar-refractivity contribution in [1.82, 2.24) is 29.8 Å². The van der Waals surface area contributed by atoms with Gasteiger partial charge in [-0.2, -0.15) is 9.97 Å². The minimum Gasteiger partial charge on any atom is -0.479 e. The molecule has 2 aliphatic rings. The number of hydrogen-bond acceptors (Lipinski definition) is 13. The Morgan fingerprint density at radius 3 is 2.63 bits per heavy atom. The fourth-order valence-electron chi connectivity index (χ4n) is 5.93. The number of aliphatic hydroxyl groups excluding tert-OH is 1. The van der Waals surface area contributed by atoms with Gasteiger partial charge in [0.05, 0.1) is 24.1 Å². The lowest BCUT2D eigenvalue weighted by Crippen LogP contribution is -2.50. The Balaban J connectivity index is 1.27. The van der Waals surface area contributed by atoms with Crippen LogP contribution in [0, 0.1) is 12.3 Å². The molecule has 6 rings (SSSR count). The second-order valence-electron chi connectivity index (χ2n) is 13.1. The first-order chi connectivity index (χ1) is 24.6. The molecule has 19 heteroatoms. The summed E-state index contributed by atoms with van der Waals surface area (Å²) in [5.74, 6) is 0.704. The lowest BCUT2D eigenvalue weighted by atomic mass is 9.90. The number of thiazole rings is 1. The molecule has 52 heavy (non-hydrogen) atoms. The summed E-state index contributed by atoms with van der Waals surface area (Å²) in [6, 6.07) is 6.59. The van der Waals surface area contributed by atoms with Gasteiger partial charge in [-0.3, -0.25) is 14.8 Å². The third-order valence-corrected chi connectivity index (χ3v) is 9.24. The van der Waals surface area contributed by atoms with Gasteiger partial charge in [-0.05, 0) is 56.5 Å². The lowest BCUT2D eigenvalue weighted by molar-refractivity contribution is -0.179. The van der Waals surface area contributed by atoms with Gasteiger partial charge >= 0.3 is 18.1 Å². The fraction of sp³-hybridized carbons (Fsp3) is 0.424. The van der Waals surface area contributed by atoms with Gasteiger partial charge < -0.3 is 34.8 Å². The van der Waals surface area contributed by atoms with Crippen molar-refractivity contribution in [3.8, 4) is 12.3 Å². The molecule has 1 aromatic carbocycles. The Bertz CT molecular complexity index is 2020. The van der Waals surface area contributed by atoms with E-state index in [1.54, 1.807) is 49.9 Å². The van der Waals surface area contributed by atoms with Gasteiger partial charge in [-0.25, -0.2) is 24.4 Å². The van der Waals surface area contributed by atoms with Gasteiger partial charge in [0.2, 0.25) is 10.9 Å². The molecule has 0 aliphatic carbocycles. The van der Waals surface area contributed by atoms with Crippen molar-refractivity contribution in [3.63, 3.8) is 0 Å². The molecular formula is C33H35ClN8O9S. The number of carboxylic acids is 1. The maximum Gasteiger partial charge on any atom is 0.413 e. The quantitative estimate of drug-likeness (QED) is 0.116. The van der Waals surface area contributed by atoms with Crippen molar-refractivity contribution in [1.29, 1.82) is 0 Å². The largest absolute Gasteiger partial charge is 0.479 e. The smallest absolute Gasteiger partial charge is 0.413 e. The molecule has 0 spiro atoms. The number of nitrogens with one attached hydrogen (secondary N) is 2. The number of ether oxygens (including phenoxy) is 3. The minimum absolute atomic E-state index is 0.00360. The van der Waals surface area contributed by atoms with Crippen LogP contribution in [0.3, 0.4) is 0 Å². The van der Waals surface area contributed by atoms with E-state index < -0.39 is 53.9 Å². The maximum absolute atomic E-state index is 13.1. The van der Waals surface area contributed by atoms with Crippen LogP contribution in [0.2, 0.25) is 5.28 Å². The number of aromatic nitrogens is 5. The highest BCUT2D eigenvalue weighted by atomic mass is 35.5. The predicted octanol–water partition coefficient (Wildman–Crippen LogP) is 3.06. The Kier molecular flexibility index (Phi) is 10.1. The van der Waals surface area contributed by atoms with E-state index in [-0.39, 0.29) is 40.4 Å². The predicted molar refractivity (Wildman–Crippen MR) is 187 cm³/mol. The van der Waals surface area contributed by atoms with Crippen molar-refractivity contribution < 1.29 is 43.9 Å². The molecule has 5 atom stereocenters. The van der Waals surface area contributed by atoms with Crippen molar-refractivity contribution in [2.45, 2.75) is 68.9 Å². The number of halogens is 1. The average Bonchev–Trinajstić information content (AvgIpc) is 3.83. The summed E-state index contributed by atoms with van der Waals surface area (Å²) < 4.78 is 18.8. The SMILES string of the molecule is C#C[C@@]1(O)[C@@H](COC(Cc2ccc(N3CCCNC3=O)cc2)(C(=O)O)c2cscn2)O[C@@H](n2cnc3c(NC(=O)OC(C)(C)C)nc(Cl)nc32)[C@@H]1O. The first-order valence-electron chi connectivity index (χ1n) is 16.0. The molecule has 274 valence electrons. The lowest BCUT2D eigenvalue weighted by Gasteiger charge is -2.32. The zero-order valence-corrected chi connectivity index (χ0v) is 29.7. The number of terminal acetylenes is 1. The number of nitrogens with zero attached hydrogens (tertiary/aromatic N) is 6. The third kappa shape index (κ3) is 7.11. The van der Waals surface area contributed by atoms with Crippen LogP contribution in [0.15, 0.2) is 41.5 Å². The summed E-state index contributed by atoms with van der Waals surface area (Å²) >= 11 is 7.34. The topological polar surface area (TPSA) is 223 Å². The number of amides is 3. The van der Waals surface area contributed by atoms with Gasteiger partial charge in [0.15, 0.2) is 28.8 Å². The van der Waals surface area contributed by atoms with Gasteiger partial charge in [0.25, 0.3) is 0 Å². The molecule has 2 fully saturated rings. The summed E-state index contributed by atoms with van der Waals surface area (Å²) in [6.07, 6.45) is 1.98. The second kappa shape index (κ2) is 14.3. The summed E-state index contributed by atoms with van der Waals surface area (Å²) in [5, 5.41) is 40.1. The number of aliphatic carboxylic acids is 1. The van der Waals surface area contributed by atoms with Crippen LogP contribution in [-0.2, 0) is 31.0 Å². The normalized spacial score (nSPS) is 23.1.